The number of carbonyl (C=O) groups is 1. The number of hydrogen-bond donors (Lipinski definition) is 2. The van der Waals surface area contributed by atoms with Crippen LogP contribution in [0.1, 0.15) is 55.7 Å². The third kappa shape index (κ3) is 4.54. The van der Waals surface area contributed by atoms with Crippen molar-refractivity contribution < 1.29 is 14.6 Å². The lowest BCUT2D eigenvalue weighted by molar-refractivity contribution is -0.119. The number of nitrogens with zero attached hydrogens (tertiary/aromatic N) is 3. The van der Waals surface area contributed by atoms with E-state index in [1.54, 1.807) is 0 Å². The highest BCUT2D eigenvalue weighted by atomic mass is 16.5. The summed E-state index contributed by atoms with van der Waals surface area (Å²) in [5, 5.41) is 13.7. The summed E-state index contributed by atoms with van der Waals surface area (Å²) in [6.45, 7) is 6.67. The third-order valence-electron chi connectivity index (χ3n) is 5.15. The van der Waals surface area contributed by atoms with E-state index in [4.69, 9.17) is 4.74 Å². The average Bonchev–Trinajstić information content (AvgIpc) is 3.01. The number of likely N-dealkylation sites (tertiary alicyclic amines) is 1. The zero-order valence-electron chi connectivity index (χ0n) is 15.1. The van der Waals surface area contributed by atoms with Crippen molar-refractivity contribution in [1.29, 1.82) is 0 Å². The molecule has 0 bridgehead atoms. The Morgan fingerprint density at radius 2 is 2.24 bits per heavy atom. The molecule has 1 atom stereocenters. The van der Waals surface area contributed by atoms with Crippen LogP contribution in [0.3, 0.4) is 0 Å². The lowest BCUT2D eigenvalue weighted by Crippen LogP contribution is -2.46. The Bertz CT molecular complexity index is 616. The van der Waals surface area contributed by atoms with Crippen LogP contribution in [0.2, 0.25) is 0 Å². The number of β-amino-alcohol motifs (C(OH)–C–C–N with tert-alkyl or cyclic N) is 1. The van der Waals surface area contributed by atoms with Gasteiger partial charge in [-0.1, -0.05) is 0 Å². The predicted molar refractivity (Wildman–Crippen MR) is 92.8 cm³/mol. The van der Waals surface area contributed by atoms with Crippen molar-refractivity contribution in [3.63, 3.8) is 0 Å². The van der Waals surface area contributed by atoms with E-state index in [2.05, 4.69) is 20.2 Å². The highest BCUT2D eigenvalue weighted by Gasteiger charge is 2.37. The normalized spacial score (nSPS) is 23.6. The zero-order valence-corrected chi connectivity index (χ0v) is 15.1. The highest BCUT2D eigenvalue weighted by Crippen LogP contribution is 2.35. The molecule has 0 aliphatic carbocycles. The highest BCUT2D eigenvalue weighted by molar-refractivity contribution is 5.72. The first kappa shape index (κ1) is 18.2. The van der Waals surface area contributed by atoms with Gasteiger partial charge < -0.3 is 15.2 Å². The second-order valence-electron chi connectivity index (χ2n) is 7.20. The molecule has 2 saturated heterocycles. The van der Waals surface area contributed by atoms with Gasteiger partial charge in [0.2, 0.25) is 5.91 Å². The molecule has 0 spiro atoms. The fraction of sp³-hybridized carbons (Fsp3) is 0.722. The lowest BCUT2D eigenvalue weighted by atomic mass is 9.93. The molecule has 25 heavy (non-hydrogen) atoms. The van der Waals surface area contributed by atoms with Gasteiger partial charge in [0, 0.05) is 57.8 Å². The first-order valence-electron chi connectivity index (χ1n) is 9.08. The minimum absolute atomic E-state index is 0.0636. The molecular formula is C18H28N4O3. The largest absolute Gasteiger partial charge is 0.388 e. The van der Waals surface area contributed by atoms with Crippen LogP contribution in [0.4, 0.5) is 0 Å². The number of aryl methyl sites for hydroxylation is 1. The summed E-state index contributed by atoms with van der Waals surface area (Å²) >= 11 is 0. The summed E-state index contributed by atoms with van der Waals surface area (Å²) < 4.78 is 5.39. The Morgan fingerprint density at radius 3 is 2.96 bits per heavy atom. The second kappa shape index (κ2) is 7.76. The summed E-state index contributed by atoms with van der Waals surface area (Å²) in [4.78, 5) is 22.6. The molecule has 2 N–H and O–H groups in total. The van der Waals surface area contributed by atoms with Gasteiger partial charge in [-0.25, -0.2) is 9.97 Å². The monoisotopic (exact) mass is 348 g/mol. The maximum Gasteiger partial charge on any atom is 0.217 e. The number of carbonyl (C=O) groups excluding carboxylic acids is 1. The van der Waals surface area contributed by atoms with Gasteiger partial charge >= 0.3 is 0 Å². The molecule has 0 radical (unpaired) electrons. The number of hydrogen-bond acceptors (Lipinski definition) is 6. The maximum atomic E-state index is 11.3. The van der Waals surface area contributed by atoms with Gasteiger partial charge in [-0.05, 0) is 26.3 Å². The van der Waals surface area contributed by atoms with Gasteiger partial charge in [0.15, 0.2) is 0 Å². The van der Waals surface area contributed by atoms with E-state index in [0.29, 0.717) is 39.1 Å². The minimum Gasteiger partial charge on any atom is -0.388 e. The molecule has 2 aliphatic heterocycles. The number of rotatable bonds is 5. The smallest absolute Gasteiger partial charge is 0.217 e. The topological polar surface area (TPSA) is 87.6 Å². The van der Waals surface area contributed by atoms with Crippen LogP contribution in [0.25, 0.3) is 0 Å². The van der Waals surface area contributed by atoms with Gasteiger partial charge in [-0.3, -0.25) is 9.69 Å². The van der Waals surface area contributed by atoms with Crippen LogP contribution < -0.4 is 5.32 Å². The van der Waals surface area contributed by atoms with Crippen LogP contribution in [-0.4, -0.2) is 57.8 Å². The van der Waals surface area contributed by atoms with Crippen molar-refractivity contribution in [2.24, 2.45) is 0 Å². The number of ether oxygens (including phenoxy) is 1. The molecule has 3 heterocycles. The van der Waals surface area contributed by atoms with Crippen LogP contribution in [0, 0.1) is 6.92 Å². The molecule has 7 nitrogen and oxygen atoms in total. The number of aliphatic hydroxyl groups is 1. The molecule has 0 aromatic carbocycles. The van der Waals surface area contributed by atoms with E-state index in [9.17, 15) is 9.90 Å². The van der Waals surface area contributed by atoms with Crippen LogP contribution in [-0.2, 0) is 16.1 Å². The Balaban J connectivity index is 1.79. The average molecular weight is 348 g/mol. The van der Waals surface area contributed by atoms with Gasteiger partial charge in [-0.15, -0.1) is 0 Å². The first-order chi connectivity index (χ1) is 12.0. The van der Waals surface area contributed by atoms with Gasteiger partial charge in [-0.2, -0.15) is 0 Å². The Hall–Kier alpha value is -1.57. The van der Waals surface area contributed by atoms with E-state index < -0.39 is 5.60 Å². The maximum absolute atomic E-state index is 11.3. The summed E-state index contributed by atoms with van der Waals surface area (Å²) in [5.41, 5.74) is 1.26. The van der Waals surface area contributed by atoms with Crippen molar-refractivity contribution in [3.8, 4) is 0 Å². The van der Waals surface area contributed by atoms with Gasteiger partial charge in [0.25, 0.3) is 0 Å². The van der Waals surface area contributed by atoms with Crippen LogP contribution >= 0.6 is 0 Å². The predicted octanol–water partition coefficient (Wildman–Crippen LogP) is 1.10. The van der Waals surface area contributed by atoms with Crippen molar-refractivity contribution in [1.82, 2.24) is 20.2 Å². The Morgan fingerprint density at radius 1 is 1.48 bits per heavy atom. The molecule has 1 amide bonds. The molecule has 138 valence electrons. The van der Waals surface area contributed by atoms with E-state index in [0.717, 1.165) is 36.5 Å². The molecule has 3 rings (SSSR count). The lowest BCUT2D eigenvalue weighted by Gasteiger charge is -2.37. The first-order valence-corrected chi connectivity index (χ1v) is 9.08. The quantitative estimate of drug-likeness (QED) is 0.828. The fourth-order valence-electron chi connectivity index (χ4n) is 3.77. The Labute approximate surface area is 148 Å². The number of nitrogens with one attached hydrogen (secondary N) is 1. The van der Waals surface area contributed by atoms with Gasteiger partial charge in [0.1, 0.15) is 5.82 Å². The van der Waals surface area contributed by atoms with Crippen molar-refractivity contribution in [2.45, 2.75) is 57.7 Å². The van der Waals surface area contributed by atoms with Crippen molar-refractivity contribution >= 4 is 5.91 Å². The fourth-order valence-corrected chi connectivity index (χ4v) is 3.77. The molecule has 0 saturated carbocycles. The van der Waals surface area contributed by atoms with E-state index in [-0.39, 0.29) is 11.9 Å². The summed E-state index contributed by atoms with van der Waals surface area (Å²) in [6.07, 6.45) is 5.26. The van der Waals surface area contributed by atoms with Crippen molar-refractivity contribution in [3.05, 3.63) is 23.3 Å². The van der Waals surface area contributed by atoms with Gasteiger partial charge in [0.05, 0.1) is 17.3 Å². The molecule has 2 aliphatic rings. The second-order valence-corrected chi connectivity index (χ2v) is 7.20. The minimum atomic E-state index is -0.680. The molecule has 1 aromatic rings. The standard InChI is InChI=1S/C18H28N4O3/c1-13-19-10-15(11-20-14(2)23)17(21-13)16-4-3-7-22(16)12-18(24)5-8-25-9-6-18/h10,16,24H,3-9,11-12H2,1-2H3,(H,20,23). The molecule has 2 fully saturated rings. The SMILES string of the molecule is CC(=O)NCc1cnc(C)nc1C1CCCN1CC1(O)CCOCC1. The van der Waals surface area contributed by atoms with Crippen LogP contribution in [0.15, 0.2) is 6.20 Å². The summed E-state index contributed by atoms with van der Waals surface area (Å²) in [6, 6.07) is 0.164. The number of aromatic nitrogens is 2. The molecule has 7 heteroatoms. The van der Waals surface area contributed by atoms with E-state index >= 15 is 0 Å². The summed E-state index contributed by atoms with van der Waals surface area (Å²) in [7, 11) is 0. The van der Waals surface area contributed by atoms with E-state index in [1.165, 1.54) is 6.92 Å². The number of amides is 1. The molecule has 1 unspecified atom stereocenters. The van der Waals surface area contributed by atoms with Crippen molar-refractivity contribution in [2.75, 3.05) is 26.3 Å². The van der Waals surface area contributed by atoms with E-state index in [1.807, 2.05) is 13.1 Å². The zero-order chi connectivity index (χ0) is 17.9. The van der Waals surface area contributed by atoms with Crippen LogP contribution in [0.5, 0.6) is 0 Å². The molecule has 1 aromatic heterocycles. The molecular weight excluding hydrogens is 320 g/mol. The Kier molecular flexibility index (Phi) is 5.66. The summed E-state index contributed by atoms with van der Waals surface area (Å²) in [5.74, 6) is 0.671. The third-order valence-corrected chi connectivity index (χ3v) is 5.15.